The topological polar surface area (TPSA) is 43.1 Å². The Labute approximate surface area is 90.1 Å². The van der Waals surface area contributed by atoms with Crippen molar-refractivity contribution >= 4 is 10.8 Å². The SMILES string of the molecule is CC1CCC(CN)C(S(=O)C(C)C)C1. The molecule has 0 aliphatic heterocycles. The molecule has 84 valence electrons. The first-order chi connectivity index (χ1) is 6.56. The van der Waals surface area contributed by atoms with E-state index in [4.69, 9.17) is 5.73 Å². The Morgan fingerprint density at radius 2 is 2.07 bits per heavy atom. The fraction of sp³-hybridized carbons (Fsp3) is 1.00. The van der Waals surface area contributed by atoms with Crippen LogP contribution in [0.25, 0.3) is 0 Å². The molecule has 0 radical (unpaired) electrons. The monoisotopic (exact) mass is 217 g/mol. The second kappa shape index (κ2) is 5.26. The van der Waals surface area contributed by atoms with Gasteiger partial charge in [0.05, 0.1) is 0 Å². The average molecular weight is 217 g/mol. The summed E-state index contributed by atoms with van der Waals surface area (Å²) in [6.45, 7) is 7.05. The van der Waals surface area contributed by atoms with Gasteiger partial charge in [0.25, 0.3) is 0 Å². The van der Waals surface area contributed by atoms with Gasteiger partial charge in [0, 0.05) is 21.3 Å². The van der Waals surface area contributed by atoms with Crippen LogP contribution in [0.2, 0.25) is 0 Å². The summed E-state index contributed by atoms with van der Waals surface area (Å²) in [7, 11) is -0.689. The molecule has 1 fully saturated rings. The van der Waals surface area contributed by atoms with Gasteiger partial charge < -0.3 is 5.73 Å². The molecule has 0 saturated heterocycles. The zero-order valence-electron chi connectivity index (χ0n) is 9.53. The summed E-state index contributed by atoms with van der Waals surface area (Å²) in [5, 5.41) is 0.628. The third-order valence-electron chi connectivity index (χ3n) is 3.26. The van der Waals surface area contributed by atoms with E-state index in [2.05, 4.69) is 6.92 Å². The lowest BCUT2D eigenvalue weighted by molar-refractivity contribution is 0.301. The fourth-order valence-electron chi connectivity index (χ4n) is 2.30. The molecule has 0 spiro atoms. The van der Waals surface area contributed by atoms with E-state index >= 15 is 0 Å². The summed E-state index contributed by atoms with van der Waals surface area (Å²) in [6, 6.07) is 0. The average Bonchev–Trinajstić information content (AvgIpc) is 2.16. The van der Waals surface area contributed by atoms with Crippen LogP contribution in [0.1, 0.15) is 40.0 Å². The molecule has 0 heterocycles. The zero-order valence-corrected chi connectivity index (χ0v) is 10.3. The molecular formula is C11H23NOS. The molecule has 0 aromatic carbocycles. The lowest BCUT2D eigenvalue weighted by Crippen LogP contribution is -2.39. The van der Waals surface area contributed by atoms with Crippen LogP contribution in [0.5, 0.6) is 0 Å². The highest BCUT2D eigenvalue weighted by atomic mass is 32.2. The summed E-state index contributed by atoms with van der Waals surface area (Å²) >= 11 is 0. The minimum absolute atomic E-state index is 0.277. The third-order valence-corrected chi connectivity index (χ3v) is 5.36. The van der Waals surface area contributed by atoms with Crippen LogP contribution in [0, 0.1) is 11.8 Å². The Bertz CT molecular complexity index is 205. The van der Waals surface area contributed by atoms with Gasteiger partial charge in [-0.15, -0.1) is 0 Å². The van der Waals surface area contributed by atoms with E-state index < -0.39 is 10.8 Å². The molecule has 4 atom stereocenters. The van der Waals surface area contributed by atoms with Crippen molar-refractivity contribution < 1.29 is 4.21 Å². The van der Waals surface area contributed by atoms with Crippen molar-refractivity contribution in [2.75, 3.05) is 6.54 Å². The maximum absolute atomic E-state index is 12.1. The van der Waals surface area contributed by atoms with Gasteiger partial charge in [0.2, 0.25) is 0 Å². The van der Waals surface area contributed by atoms with Crippen molar-refractivity contribution in [3.05, 3.63) is 0 Å². The third kappa shape index (κ3) is 2.80. The van der Waals surface area contributed by atoms with Gasteiger partial charge in [-0.3, -0.25) is 4.21 Å². The van der Waals surface area contributed by atoms with Crippen molar-refractivity contribution in [1.82, 2.24) is 0 Å². The molecule has 1 saturated carbocycles. The minimum Gasteiger partial charge on any atom is -0.330 e. The van der Waals surface area contributed by atoms with Gasteiger partial charge in [-0.2, -0.15) is 0 Å². The van der Waals surface area contributed by atoms with Crippen molar-refractivity contribution in [3.8, 4) is 0 Å². The smallest absolute Gasteiger partial charge is 0.0393 e. The lowest BCUT2D eigenvalue weighted by atomic mass is 9.82. The quantitative estimate of drug-likeness (QED) is 0.784. The first-order valence-corrected chi connectivity index (χ1v) is 6.93. The summed E-state index contributed by atoms with van der Waals surface area (Å²) in [5.41, 5.74) is 5.74. The fourth-order valence-corrected chi connectivity index (χ4v) is 4.14. The Balaban J connectivity index is 2.65. The van der Waals surface area contributed by atoms with E-state index in [9.17, 15) is 4.21 Å². The zero-order chi connectivity index (χ0) is 10.7. The van der Waals surface area contributed by atoms with Crippen molar-refractivity contribution in [3.63, 3.8) is 0 Å². The molecule has 4 unspecified atom stereocenters. The van der Waals surface area contributed by atoms with Crippen LogP contribution in [0.15, 0.2) is 0 Å². The van der Waals surface area contributed by atoms with Crippen LogP contribution in [0.4, 0.5) is 0 Å². The maximum Gasteiger partial charge on any atom is 0.0393 e. The van der Waals surface area contributed by atoms with Crippen LogP contribution >= 0.6 is 0 Å². The first kappa shape index (κ1) is 12.2. The number of nitrogens with two attached hydrogens (primary N) is 1. The van der Waals surface area contributed by atoms with Crippen molar-refractivity contribution in [2.45, 2.75) is 50.5 Å². The summed E-state index contributed by atoms with van der Waals surface area (Å²) < 4.78 is 12.1. The highest BCUT2D eigenvalue weighted by molar-refractivity contribution is 7.86. The normalized spacial score (nSPS) is 35.9. The van der Waals surface area contributed by atoms with Crippen LogP contribution in [0.3, 0.4) is 0 Å². The Hall–Kier alpha value is 0.110. The van der Waals surface area contributed by atoms with Crippen LogP contribution in [-0.2, 0) is 10.8 Å². The van der Waals surface area contributed by atoms with Crippen LogP contribution < -0.4 is 5.73 Å². The van der Waals surface area contributed by atoms with E-state index in [0.717, 1.165) is 12.3 Å². The molecule has 0 bridgehead atoms. The predicted molar refractivity (Wildman–Crippen MR) is 62.6 cm³/mol. The second-order valence-electron chi connectivity index (χ2n) is 4.83. The number of hydrogen-bond acceptors (Lipinski definition) is 2. The summed E-state index contributed by atoms with van der Waals surface area (Å²) in [5.74, 6) is 1.22. The summed E-state index contributed by atoms with van der Waals surface area (Å²) in [6.07, 6.45) is 3.53. The molecule has 2 nitrogen and oxygen atoms in total. The predicted octanol–water partition coefficient (Wildman–Crippen LogP) is 1.91. The maximum atomic E-state index is 12.1. The Kier molecular flexibility index (Phi) is 4.58. The second-order valence-corrected chi connectivity index (χ2v) is 7.04. The molecule has 14 heavy (non-hydrogen) atoms. The summed E-state index contributed by atoms with van der Waals surface area (Å²) in [4.78, 5) is 0. The molecule has 2 N–H and O–H groups in total. The van der Waals surface area contributed by atoms with E-state index in [-0.39, 0.29) is 5.25 Å². The van der Waals surface area contributed by atoms with Gasteiger partial charge in [0.1, 0.15) is 0 Å². The Morgan fingerprint density at radius 3 is 2.57 bits per heavy atom. The molecule has 3 heteroatoms. The number of hydrogen-bond donors (Lipinski definition) is 1. The van der Waals surface area contributed by atoms with E-state index in [1.807, 2.05) is 13.8 Å². The number of rotatable bonds is 3. The van der Waals surface area contributed by atoms with Gasteiger partial charge in [-0.1, -0.05) is 27.2 Å². The van der Waals surface area contributed by atoms with E-state index in [0.29, 0.717) is 17.7 Å². The lowest BCUT2D eigenvalue weighted by Gasteiger charge is -2.34. The van der Waals surface area contributed by atoms with Crippen molar-refractivity contribution in [1.29, 1.82) is 0 Å². The largest absolute Gasteiger partial charge is 0.330 e. The molecule has 0 aromatic rings. The van der Waals surface area contributed by atoms with Gasteiger partial charge in [0.15, 0.2) is 0 Å². The molecule has 0 amide bonds. The highest BCUT2D eigenvalue weighted by Gasteiger charge is 2.32. The molecule has 1 rings (SSSR count). The molecule has 1 aliphatic rings. The molecule has 0 aromatic heterocycles. The minimum atomic E-state index is -0.689. The van der Waals surface area contributed by atoms with E-state index in [1.165, 1.54) is 12.8 Å². The van der Waals surface area contributed by atoms with Gasteiger partial charge >= 0.3 is 0 Å². The van der Waals surface area contributed by atoms with Crippen molar-refractivity contribution in [2.24, 2.45) is 17.6 Å². The Morgan fingerprint density at radius 1 is 1.43 bits per heavy atom. The van der Waals surface area contributed by atoms with Gasteiger partial charge in [-0.05, 0) is 31.2 Å². The molecular weight excluding hydrogens is 194 g/mol. The molecule has 1 aliphatic carbocycles. The van der Waals surface area contributed by atoms with Gasteiger partial charge in [-0.25, -0.2) is 0 Å². The van der Waals surface area contributed by atoms with E-state index in [1.54, 1.807) is 0 Å². The standard InChI is InChI=1S/C11H23NOS/c1-8(2)14(13)11-6-9(3)4-5-10(11)7-12/h8-11H,4-7,12H2,1-3H3. The van der Waals surface area contributed by atoms with Crippen LogP contribution in [-0.4, -0.2) is 21.3 Å². The highest BCUT2D eigenvalue weighted by Crippen LogP contribution is 2.32. The first-order valence-electron chi connectivity index (χ1n) is 5.65.